The Morgan fingerprint density at radius 1 is 1.23 bits per heavy atom. The number of nitrogens with zero attached hydrogens (tertiary/aromatic N) is 2. The highest BCUT2D eigenvalue weighted by Gasteiger charge is 2.12. The van der Waals surface area contributed by atoms with Crippen LogP contribution in [0.1, 0.15) is 25.8 Å². The second-order valence-electron chi connectivity index (χ2n) is 6.45. The summed E-state index contributed by atoms with van der Waals surface area (Å²) in [5, 5.41) is 11.3. The first-order valence-electron chi connectivity index (χ1n) is 8.24. The van der Waals surface area contributed by atoms with Gasteiger partial charge >= 0.3 is 0 Å². The third kappa shape index (κ3) is 4.43. The molecule has 134 valence electrons. The first kappa shape index (κ1) is 18.0. The van der Waals surface area contributed by atoms with E-state index in [1.54, 1.807) is 18.2 Å². The predicted molar refractivity (Wildman–Crippen MR) is 101 cm³/mol. The van der Waals surface area contributed by atoms with Crippen LogP contribution in [0, 0.1) is 16.0 Å². The van der Waals surface area contributed by atoms with Crippen molar-refractivity contribution in [2.75, 3.05) is 0 Å². The Balaban J connectivity index is 1.70. The molecule has 0 fully saturated rings. The van der Waals surface area contributed by atoms with Gasteiger partial charge in [0.1, 0.15) is 11.5 Å². The number of thiazole rings is 1. The lowest BCUT2D eigenvalue weighted by Crippen LogP contribution is -2.06. The molecular weight excluding hydrogens is 352 g/mol. The molecule has 1 aromatic heterocycles. The zero-order valence-corrected chi connectivity index (χ0v) is 15.3. The first-order valence-corrected chi connectivity index (χ1v) is 9.06. The molecule has 7 heteroatoms. The zero-order chi connectivity index (χ0) is 18.7. The maximum Gasteiger partial charge on any atom is 0.279 e. The third-order valence-corrected chi connectivity index (χ3v) is 4.63. The van der Waals surface area contributed by atoms with Crippen molar-refractivity contribution in [2.45, 2.75) is 26.7 Å². The highest BCUT2D eigenvalue weighted by atomic mass is 32.1. The molecule has 6 nitrogen and oxygen atoms in total. The van der Waals surface area contributed by atoms with Gasteiger partial charge in [-0.05, 0) is 29.7 Å². The predicted octanol–water partition coefficient (Wildman–Crippen LogP) is 5.15. The van der Waals surface area contributed by atoms with Gasteiger partial charge in [0, 0.05) is 25.0 Å². The number of nitro groups is 1. The largest absolute Gasteiger partial charge is 0.431 e. The Hall–Kier alpha value is -2.80. The van der Waals surface area contributed by atoms with Gasteiger partial charge in [0.25, 0.3) is 10.9 Å². The van der Waals surface area contributed by atoms with Gasteiger partial charge in [-0.3, -0.25) is 14.9 Å². The molecule has 1 heterocycles. The van der Waals surface area contributed by atoms with Crippen LogP contribution in [0.5, 0.6) is 10.9 Å². The lowest BCUT2D eigenvalue weighted by Gasteiger charge is -2.05. The number of rotatable bonds is 7. The Kier molecular flexibility index (Phi) is 5.27. The van der Waals surface area contributed by atoms with E-state index in [2.05, 4.69) is 4.98 Å². The number of Topliss-reactive ketones (excluding diaryl/α,β-unsaturated/α-hetero) is 1. The average molecular weight is 370 g/mol. The van der Waals surface area contributed by atoms with Crippen molar-refractivity contribution in [3.05, 3.63) is 58.1 Å². The zero-order valence-electron chi connectivity index (χ0n) is 14.5. The molecule has 2 aromatic carbocycles. The number of ketones is 1. The van der Waals surface area contributed by atoms with Gasteiger partial charge < -0.3 is 4.74 Å². The molecule has 0 bridgehead atoms. The van der Waals surface area contributed by atoms with Crippen molar-refractivity contribution >= 4 is 33.0 Å². The van der Waals surface area contributed by atoms with E-state index in [9.17, 15) is 14.9 Å². The molecule has 0 N–H and O–H groups in total. The Morgan fingerprint density at radius 2 is 1.96 bits per heavy atom. The first-order chi connectivity index (χ1) is 12.4. The van der Waals surface area contributed by atoms with Crippen LogP contribution < -0.4 is 4.74 Å². The summed E-state index contributed by atoms with van der Waals surface area (Å²) < 4.78 is 6.44. The maximum atomic E-state index is 11.9. The SMILES string of the molecule is CC(C)CC(=O)Cc1ccc(Oc2nc3ccc([N+](=O)[O-])cc3s2)cc1. The van der Waals surface area contributed by atoms with E-state index in [-0.39, 0.29) is 11.5 Å². The molecule has 0 aliphatic heterocycles. The summed E-state index contributed by atoms with van der Waals surface area (Å²) in [5.41, 5.74) is 1.64. The number of carbonyl (C=O) groups is 1. The van der Waals surface area contributed by atoms with E-state index in [0.29, 0.717) is 39.9 Å². The van der Waals surface area contributed by atoms with Crippen molar-refractivity contribution < 1.29 is 14.5 Å². The van der Waals surface area contributed by atoms with E-state index in [1.165, 1.54) is 23.5 Å². The number of nitro benzene ring substituents is 1. The molecule has 0 amide bonds. The van der Waals surface area contributed by atoms with E-state index in [4.69, 9.17) is 4.74 Å². The number of hydrogen-bond acceptors (Lipinski definition) is 6. The van der Waals surface area contributed by atoms with Crippen LogP contribution in [0.3, 0.4) is 0 Å². The minimum atomic E-state index is -0.432. The molecule has 3 aromatic rings. The number of ether oxygens (including phenoxy) is 1. The molecule has 0 radical (unpaired) electrons. The van der Waals surface area contributed by atoms with Gasteiger partial charge in [-0.15, -0.1) is 0 Å². The Labute approximate surface area is 154 Å². The van der Waals surface area contributed by atoms with Crippen molar-refractivity contribution in [1.82, 2.24) is 4.98 Å². The smallest absolute Gasteiger partial charge is 0.279 e. The third-order valence-electron chi connectivity index (χ3n) is 3.73. The number of non-ortho nitro benzene ring substituents is 1. The highest BCUT2D eigenvalue weighted by molar-refractivity contribution is 7.20. The lowest BCUT2D eigenvalue weighted by atomic mass is 10.0. The maximum absolute atomic E-state index is 11.9. The highest BCUT2D eigenvalue weighted by Crippen LogP contribution is 2.33. The minimum Gasteiger partial charge on any atom is -0.431 e. The second kappa shape index (κ2) is 7.61. The normalized spacial score (nSPS) is 11.0. The summed E-state index contributed by atoms with van der Waals surface area (Å²) in [6, 6.07) is 11.9. The summed E-state index contributed by atoms with van der Waals surface area (Å²) in [4.78, 5) is 26.6. The van der Waals surface area contributed by atoms with Crippen LogP contribution in [0.25, 0.3) is 10.2 Å². The van der Waals surface area contributed by atoms with Gasteiger partial charge in [-0.1, -0.05) is 37.3 Å². The molecular formula is C19H18N2O4S. The topological polar surface area (TPSA) is 82.3 Å². The average Bonchev–Trinajstić information content (AvgIpc) is 2.97. The number of fused-ring (bicyclic) bond motifs is 1. The van der Waals surface area contributed by atoms with Crippen molar-refractivity contribution in [2.24, 2.45) is 5.92 Å². The van der Waals surface area contributed by atoms with Crippen LogP contribution in [-0.4, -0.2) is 15.7 Å². The summed E-state index contributed by atoms with van der Waals surface area (Å²) in [6.07, 6.45) is 0.999. The van der Waals surface area contributed by atoms with Gasteiger partial charge in [-0.25, -0.2) is 4.98 Å². The number of carbonyl (C=O) groups excluding carboxylic acids is 1. The van der Waals surface area contributed by atoms with Crippen LogP contribution in [0.2, 0.25) is 0 Å². The Bertz CT molecular complexity index is 948. The second-order valence-corrected chi connectivity index (χ2v) is 7.44. The summed E-state index contributed by atoms with van der Waals surface area (Å²) in [7, 11) is 0. The standard InChI is InChI=1S/C19H18N2O4S/c1-12(2)9-15(22)10-13-3-6-16(7-4-13)25-19-20-17-8-5-14(21(23)24)11-18(17)26-19/h3-8,11-12H,9-10H2,1-2H3. The molecule has 0 unspecified atom stereocenters. The van der Waals surface area contributed by atoms with Crippen molar-refractivity contribution in [3.8, 4) is 10.9 Å². The van der Waals surface area contributed by atoms with Crippen LogP contribution in [0.15, 0.2) is 42.5 Å². The number of benzene rings is 2. The van der Waals surface area contributed by atoms with Crippen LogP contribution in [-0.2, 0) is 11.2 Å². The fourth-order valence-electron chi connectivity index (χ4n) is 2.58. The monoisotopic (exact) mass is 370 g/mol. The Morgan fingerprint density at radius 3 is 2.62 bits per heavy atom. The fourth-order valence-corrected chi connectivity index (χ4v) is 3.45. The van der Waals surface area contributed by atoms with Crippen molar-refractivity contribution in [1.29, 1.82) is 0 Å². The van der Waals surface area contributed by atoms with E-state index >= 15 is 0 Å². The van der Waals surface area contributed by atoms with Crippen LogP contribution >= 0.6 is 11.3 Å². The molecule has 0 atom stereocenters. The van der Waals surface area contributed by atoms with Gasteiger partial charge in [0.15, 0.2) is 0 Å². The van der Waals surface area contributed by atoms with E-state index < -0.39 is 4.92 Å². The lowest BCUT2D eigenvalue weighted by molar-refractivity contribution is -0.384. The van der Waals surface area contributed by atoms with Gasteiger partial charge in [0.2, 0.25) is 0 Å². The molecule has 0 saturated carbocycles. The van der Waals surface area contributed by atoms with Crippen molar-refractivity contribution in [3.63, 3.8) is 0 Å². The molecule has 0 saturated heterocycles. The molecule has 0 aliphatic rings. The molecule has 0 aliphatic carbocycles. The van der Waals surface area contributed by atoms with Crippen LogP contribution in [0.4, 0.5) is 5.69 Å². The quantitative estimate of drug-likeness (QED) is 0.424. The van der Waals surface area contributed by atoms with Gasteiger partial charge in [-0.2, -0.15) is 0 Å². The molecule has 3 rings (SSSR count). The van der Waals surface area contributed by atoms with Gasteiger partial charge in [0.05, 0.1) is 15.1 Å². The molecule has 0 spiro atoms. The summed E-state index contributed by atoms with van der Waals surface area (Å²) in [6.45, 7) is 4.06. The fraction of sp³-hybridized carbons (Fsp3) is 0.263. The van der Waals surface area contributed by atoms with E-state index in [0.717, 1.165) is 5.56 Å². The number of aromatic nitrogens is 1. The summed E-state index contributed by atoms with van der Waals surface area (Å²) >= 11 is 1.25. The molecule has 26 heavy (non-hydrogen) atoms. The summed E-state index contributed by atoms with van der Waals surface area (Å²) in [5.74, 6) is 1.19. The minimum absolute atomic E-state index is 0.0307. The number of hydrogen-bond donors (Lipinski definition) is 0. The van der Waals surface area contributed by atoms with E-state index in [1.807, 2.05) is 26.0 Å².